The minimum absolute atomic E-state index is 0.306. The number of hydrogen-bond acceptors (Lipinski definition) is 3. The summed E-state index contributed by atoms with van der Waals surface area (Å²) in [4.78, 5) is 0. The third kappa shape index (κ3) is 5.57. The van der Waals surface area contributed by atoms with Gasteiger partial charge in [-0.2, -0.15) is 0 Å². The average molecular weight is 370 g/mol. The molecule has 0 aromatic heterocycles. The summed E-state index contributed by atoms with van der Waals surface area (Å²) < 4.78 is 18.6. The first-order chi connectivity index (χ1) is 12.7. The van der Waals surface area contributed by atoms with Gasteiger partial charge in [0.05, 0.1) is 24.4 Å². The monoisotopic (exact) mass is 370 g/mol. The van der Waals surface area contributed by atoms with Gasteiger partial charge in [-0.05, 0) is 57.5 Å². The molecule has 1 fully saturated rings. The normalized spacial score (nSPS) is 19.3. The molecule has 2 rings (SSSR count). The zero-order chi connectivity index (χ0) is 20.1. The van der Waals surface area contributed by atoms with E-state index >= 15 is 0 Å². The van der Waals surface area contributed by atoms with Crippen molar-refractivity contribution in [2.24, 2.45) is 5.92 Å². The molecule has 0 atom stereocenters. The van der Waals surface area contributed by atoms with Gasteiger partial charge in [0.25, 0.3) is 0 Å². The Kier molecular flexibility index (Phi) is 7.50. The van der Waals surface area contributed by atoms with E-state index in [0.717, 1.165) is 12.8 Å². The molecular weight excluding hydrogens is 335 g/mol. The van der Waals surface area contributed by atoms with Crippen LogP contribution in [0.2, 0.25) is 0 Å². The molecule has 1 aromatic carbocycles. The molecule has 148 valence electrons. The molecule has 1 aliphatic heterocycles. The summed E-state index contributed by atoms with van der Waals surface area (Å²) >= 11 is 0. The van der Waals surface area contributed by atoms with Gasteiger partial charge in [-0.25, -0.2) is 0 Å². The summed E-state index contributed by atoms with van der Waals surface area (Å²) in [5, 5.41) is 0. The standard InChI is InChI=1S/C23H35BO3/c1-8-12-20(15-16-25-17-19-13-10-9-11-14-19)21(18(2)3)24-26-22(4,5)23(6,7)27-24/h8-11,13-14,18H,1,12,15-17H2,2-7H3/b21-20+. The molecular formula is C23H35BO3. The Morgan fingerprint density at radius 1 is 1.11 bits per heavy atom. The van der Waals surface area contributed by atoms with Gasteiger partial charge in [-0.1, -0.05) is 55.8 Å². The molecule has 0 unspecified atom stereocenters. The Morgan fingerprint density at radius 3 is 2.22 bits per heavy atom. The first kappa shape index (κ1) is 21.9. The van der Waals surface area contributed by atoms with E-state index in [1.807, 2.05) is 24.3 Å². The van der Waals surface area contributed by atoms with Crippen molar-refractivity contribution in [2.45, 2.75) is 72.2 Å². The van der Waals surface area contributed by atoms with Crippen LogP contribution in [0.15, 0.2) is 54.0 Å². The number of ether oxygens (including phenoxy) is 1. The molecule has 1 aliphatic rings. The summed E-state index contributed by atoms with van der Waals surface area (Å²) in [5.74, 6) is 0.337. The molecule has 0 radical (unpaired) electrons. The second-order valence-electron chi connectivity index (χ2n) is 8.58. The lowest BCUT2D eigenvalue weighted by molar-refractivity contribution is 0.00578. The smallest absolute Gasteiger partial charge is 0.400 e. The number of allylic oxidation sites excluding steroid dienone is 2. The molecule has 0 amide bonds. The van der Waals surface area contributed by atoms with Crippen molar-refractivity contribution in [1.82, 2.24) is 0 Å². The predicted octanol–water partition coefficient (Wildman–Crippen LogP) is 5.75. The lowest BCUT2D eigenvalue weighted by atomic mass is 9.68. The summed E-state index contributed by atoms with van der Waals surface area (Å²) in [7, 11) is -0.306. The largest absolute Gasteiger partial charge is 0.490 e. The summed E-state index contributed by atoms with van der Waals surface area (Å²) in [5.41, 5.74) is 3.08. The molecule has 0 bridgehead atoms. The van der Waals surface area contributed by atoms with Crippen LogP contribution in [0.25, 0.3) is 0 Å². The van der Waals surface area contributed by atoms with E-state index < -0.39 is 0 Å². The van der Waals surface area contributed by atoms with Crippen molar-refractivity contribution in [3.63, 3.8) is 0 Å². The first-order valence-corrected chi connectivity index (χ1v) is 9.98. The van der Waals surface area contributed by atoms with Crippen LogP contribution in [-0.2, 0) is 20.7 Å². The fourth-order valence-electron chi connectivity index (χ4n) is 3.32. The van der Waals surface area contributed by atoms with E-state index in [4.69, 9.17) is 14.0 Å². The summed E-state index contributed by atoms with van der Waals surface area (Å²) in [6.07, 6.45) is 3.64. The third-order valence-corrected chi connectivity index (χ3v) is 5.59. The third-order valence-electron chi connectivity index (χ3n) is 5.59. The minimum atomic E-state index is -0.332. The van der Waals surface area contributed by atoms with Crippen molar-refractivity contribution in [1.29, 1.82) is 0 Å². The SMILES string of the molecule is C=CC/C(CCOCc1ccccc1)=C(\B1OC(C)(C)C(C)(C)O1)C(C)C. The molecule has 0 aliphatic carbocycles. The second kappa shape index (κ2) is 9.23. The Bertz CT molecular complexity index is 631. The van der Waals surface area contributed by atoms with Crippen molar-refractivity contribution in [3.05, 3.63) is 59.6 Å². The second-order valence-corrected chi connectivity index (χ2v) is 8.58. The quantitative estimate of drug-likeness (QED) is 0.315. The van der Waals surface area contributed by atoms with E-state index in [-0.39, 0.29) is 18.3 Å². The number of rotatable bonds is 9. The zero-order valence-corrected chi connectivity index (χ0v) is 17.9. The predicted molar refractivity (Wildman–Crippen MR) is 113 cm³/mol. The van der Waals surface area contributed by atoms with E-state index in [1.54, 1.807) is 0 Å². The van der Waals surface area contributed by atoms with Gasteiger partial charge < -0.3 is 14.0 Å². The van der Waals surface area contributed by atoms with Crippen molar-refractivity contribution >= 4 is 7.12 Å². The van der Waals surface area contributed by atoms with Gasteiger partial charge in [0.1, 0.15) is 0 Å². The van der Waals surface area contributed by atoms with Gasteiger partial charge in [0.2, 0.25) is 0 Å². The lowest BCUT2D eigenvalue weighted by Gasteiger charge is -2.32. The molecule has 1 saturated heterocycles. The van der Waals surface area contributed by atoms with Crippen LogP contribution in [0.5, 0.6) is 0 Å². The van der Waals surface area contributed by atoms with Crippen LogP contribution in [0.3, 0.4) is 0 Å². The minimum Gasteiger partial charge on any atom is -0.400 e. The van der Waals surface area contributed by atoms with E-state index in [0.29, 0.717) is 19.1 Å². The maximum Gasteiger partial charge on any atom is 0.490 e. The van der Waals surface area contributed by atoms with Crippen LogP contribution < -0.4 is 0 Å². The van der Waals surface area contributed by atoms with Crippen molar-refractivity contribution in [3.8, 4) is 0 Å². The Labute approximate surface area is 165 Å². The highest BCUT2D eigenvalue weighted by atomic mass is 16.7. The molecule has 0 spiro atoms. The first-order valence-electron chi connectivity index (χ1n) is 9.98. The van der Waals surface area contributed by atoms with Gasteiger partial charge >= 0.3 is 7.12 Å². The van der Waals surface area contributed by atoms with Crippen LogP contribution in [0.4, 0.5) is 0 Å². The average Bonchev–Trinajstić information content (AvgIpc) is 2.79. The summed E-state index contributed by atoms with van der Waals surface area (Å²) in [6.45, 7) is 18.1. The van der Waals surface area contributed by atoms with E-state index in [1.165, 1.54) is 16.6 Å². The highest BCUT2D eigenvalue weighted by Gasteiger charge is 2.53. The molecule has 3 nitrogen and oxygen atoms in total. The summed E-state index contributed by atoms with van der Waals surface area (Å²) in [6, 6.07) is 10.3. The molecule has 4 heteroatoms. The van der Waals surface area contributed by atoms with Gasteiger partial charge in [-0.15, -0.1) is 6.58 Å². The van der Waals surface area contributed by atoms with Gasteiger partial charge in [0, 0.05) is 0 Å². The Hall–Kier alpha value is -1.36. The molecule has 0 saturated carbocycles. The number of benzene rings is 1. The number of hydrogen-bond donors (Lipinski definition) is 0. The van der Waals surface area contributed by atoms with E-state index in [2.05, 4.69) is 60.3 Å². The molecule has 1 heterocycles. The molecule has 0 N–H and O–H groups in total. The van der Waals surface area contributed by atoms with Gasteiger partial charge in [0.15, 0.2) is 0 Å². The Morgan fingerprint density at radius 2 is 1.70 bits per heavy atom. The highest BCUT2D eigenvalue weighted by molar-refractivity contribution is 6.55. The van der Waals surface area contributed by atoms with Crippen LogP contribution in [-0.4, -0.2) is 24.9 Å². The van der Waals surface area contributed by atoms with Crippen LogP contribution in [0, 0.1) is 5.92 Å². The topological polar surface area (TPSA) is 27.7 Å². The maximum atomic E-state index is 6.34. The maximum absolute atomic E-state index is 6.34. The zero-order valence-electron chi connectivity index (χ0n) is 17.9. The van der Waals surface area contributed by atoms with Gasteiger partial charge in [-0.3, -0.25) is 0 Å². The molecule has 27 heavy (non-hydrogen) atoms. The van der Waals surface area contributed by atoms with Crippen LogP contribution >= 0.6 is 0 Å². The van der Waals surface area contributed by atoms with Crippen molar-refractivity contribution in [2.75, 3.05) is 6.61 Å². The van der Waals surface area contributed by atoms with E-state index in [9.17, 15) is 0 Å². The lowest BCUT2D eigenvalue weighted by Crippen LogP contribution is -2.41. The highest BCUT2D eigenvalue weighted by Crippen LogP contribution is 2.41. The fourth-order valence-corrected chi connectivity index (χ4v) is 3.32. The Balaban J connectivity index is 2.10. The fraction of sp³-hybridized carbons (Fsp3) is 0.565. The van der Waals surface area contributed by atoms with Crippen molar-refractivity contribution < 1.29 is 14.0 Å². The molecule has 1 aromatic rings. The van der Waals surface area contributed by atoms with Crippen LogP contribution in [0.1, 0.15) is 59.9 Å².